The van der Waals surface area contributed by atoms with E-state index in [2.05, 4.69) is 22.0 Å². The zero-order valence-corrected chi connectivity index (χ0v) is 16.7. The molecule has 1 aliphatic carbocycles. The van der Waals surface area contributed by atoms with Gasteiger partial charge in [-0.3, -0.25) is 10.1 Å². The molecule has 148 valence electrons. The first-order chi connectivity index (χ1) is 14.1. The van der Waals surface area contributed by atoms with Gasteiger partial charge in [0.1, 0.15) is 11.2 Å². The van der Waals surface area contributed by atoms with E-state index < -0.39 is 4.92 Å². The summed E-state index contributed by atoms with van der Waals surface area (Å²) in [4.78, 5) is 22.4. The Hall–Kier alpha value is -3.07. The molecule has 0 saturated heterocycles. The molecule has 1 aliphatic rings. The maximum atomic E-state index is 11.2. The number of hydrogen-bond acceptors (Lipinski definition) is 7. The summed E-state index contributed by atoms with van der Waals surface area (Å²) in [6.07, 6.45) is 6.23. The van der Waals surface area contributed by atoms with E-state index in [4.69, 9.17) is 4.74 Å². The lowest BCUT2D eigenvalue weighted by Crippen LogP contribution is -2.11. The molecule has 8 nitrogen and oxygen atoms in total. The van der Waals surface area contributed by atoms with Crippen molar-refractivity contribution in [3.05, 3.63) is 57.0 Å². The highest BCUT2D eigenvalue weighted by molar-refractivity contribution is 7.19. The first-order valence-corrected chi connectivity index (χ1v) is 10.5. The lowest BCUT2D eigenvalue weighted by atomic mass is 9.86. The Morgan fingerprint density at radius 2 is 2.24 bits per heavy atom. The van der Waals surface area contributed by atoms with Crippen molar-refractivity contribution >= 4 is 32.9 Å². The average Bonchev–Trinajstić information content (AvgIpc) is 3.32. The molecule has 3 aromatic heterocycles. The highest BCUT2D eigenvalue weighted by Crippen LogP contribution is 2.39. The molecule has 0 aliphatic heterocycles. The van der Waals surface area contributed by atoms with Crippen LogP contribution in [0.2, 0.25) is 0 Å². The number of nitro groups is 1. The minimum atomic E-state index is -0.457. The fourth-order valence-electron chi connectivity index (χ4n) is 3.97. The highest BCUT2D eigenvalue weighted by Gasteiger charge is 2.25. The maximum Gasteiger partial charge on any atom is 0.310 e. The van der Waals surface area contributed by atoms with Gasteiger partial charge in [0.05, 0.1) is 10.3 Å². The summed E-state index contributed by atoms with van der Waals surface area (Å²) < 4.78 is 7.33. The van der Waals surface area contributed by atoms with Crippen molar-refractivity contribution in [1.29, 1.82) is 0 Å². The zero-order valence-electron chi connectivity index (χ0n) is 15.9. The van der Waals surface area contributed by atoms with Gasteiger partial charge >= 0.3 is 5.69 Å². The van der Waals surface area contributed by atoms with Crippen molar-refractivity contribution in [2.45, 2.75) is 39.2 Å². The summed E-state index contributed by atoms with van der Waals surface area (Å²) in [6.45, 7) is 2.31. The molecule has 9 heteroatoms. The monoisotopic (exact) mass is 409 g/mol. The Kier molecular flexibility index (Phi) is 4.39. The third kappa shape index (κ3) is 3.11. The lowest BCUT2D eigenvalue weighted by molar-refractivity contribution is -0.385. The second-order valence-electron chi connectivity index (χ2n) is 7.26. The van der Waals surface area contributed by atoms with Gasteiger partial charge in [-0.05, 0) is 36.8 Å². The lowest BCUT2D eigenvalue weighted by Gasteiger charge is -2.20. The van der Waals surface area contributed by atoms with Crippen molar-refractivity contribution in [3.63, 3.8) is 0 Å². The van der Waals surface area contributed by atoms with Crippen LogP contribution in [0.1, 0.15) is 36.0 Å². The first kappa shape index (κ1) is 18.0. The van der Waals surface area contributed by atoms with Crippen LogP contribution in [0.25, 0.3) is 15.9 Å². The van der Waals surface area contributed by atoms with E-state index >= 15 is 0 Å². The molecule has 0 spiro atoms. The summed E-state index contributed by atoms with van der Waals surface area (Å²) >= 11 is 1.76. The Labute approximate surface area is 170 Å². The van der Waals surface area contributed by atoms with Gasteiger partial charge in [-0.2, -0.15) is 0 Å². The van der Waals surface area contributed by atoms with Gasteiger partial charge in [-0.1, -0.05) is 25.5 Å². The van der Waals surface area contributed by atoms with Gasteiger partial charge in [0, 0.05) is 10.9 Å². The third-order valence-electron chi connectivity index (χ3n) is 5.53. The van der Waals surface area contributed by atoms with Crippen LogP contribution in [0.15, 0.2) is 30.6 Å². The number of aryl methyl sites for hydroxylation is 1. The number of rotatable bonds is 5. The zero-order chi connectivity index (χ0) is 20.0. The smallest absolute Gasteiger partial charge is 0.310 e. The minimum absolute atomic E-state index is 0.0538. The highest BCUT2D eigenvalue weighted by atomic mass is 32.1. The van der Waals surface area contributed by atoms with Crippen LogP contribution in [0, 0.1) is 16.0 Å². The van der Waals surface area contributed by atoms with Gasteiger partial charge in [0.25, 0.3) is 0 Å². The fraction of sp³-hybridized carbons (Fsp3) is 0.350. The Balaban J connectivity index is 1.49. The largest absolute Gasteiger partial charge is 0.478 e. The molecule has 0 fully saturated rings. The number of aromatic nitrogens is 4. The molecule has 0 saturated carbocycles. The molecule has 3 heterocycles. The van der Waals surface area contributed by atoms with E-state index in [1.165, 1.54) is 29.3 Å². The number of fused-ring (bicyclic) bond motifs is 5. The summed E-state index contributed by atoms with van der Waals surface area (Å²) in [6, 6.07) is 6.31. The quantitative estimate of drug-likeness (QED) is 0.359. The Morgan fingerprint density at radius 1 is 1.38 bits per heavy atom. The average molecular weight is 409 g/mol. The number of nitro benzene ring substituents is 1. The summed E-state index contributed by atoms with van der Waals surface area (Å²) in [5, 5.41) is 16.7. The van der Waals surface area contributed by atoms with E-state index in [1.54, 1.807) is 40.4 Å². The molecule has 29 heavy (non-hydrogen) atoms. The van der Waals surface area contributed by atoms with Gasteiger partial charge in [-0.15, -0.1) is 16.4 Å². The van der Waals surface area contributed by atoms with Crippen molar-refractivity contribution in [3.8, 4) is 5.75 Å². The molecule has 0 amide bonds. The molecule has 0 N–H and O–H groups in total. The molecule has 4 aromatic rings. The summed E-state index contributed by atoms with van der Waals surface area (Å²) in [5.74, 6) is 1.42. The minimum Gasteiger partial charge on any atom is -0.478 e. The second-order valence-corrected chi connectivity index (χ2v) is 8.34. The Bertz CT molecular complexity index is 1230. The van der Waals surface area contributed by atoms with E-state index in [1.807, 2.05) is 0 Å². The van der Waals surface area contributed by atoms with Gasteiger partial charge < -0.3 is 4.74 Å². The van der Waals surface area contributed by atoms with Crippen LogP contribution < -0.4 is 4.74 Å². The molecule has 1 unspecified atom stereocenters. The van der Waals surface area contributed by atoms with Crippen molar-refractivity contribution < 1.29 is 9.66 Å². The maximum absolute atomic E-state index is 11.2. The van der Waals surface area contributed by atoms with Gasteiger partial charge in [0.15, 0.2) is 23.8 Å². The number of nitrogens with zero attached hydrogens (tertiary/aromatic N) is 5. The summed E-state index contributed by atoms with van der Waals surface area (Å²) in [7, 11) is 0. The molecule has 1 aromatic carbocycles. The second kappa shape index (κ2) is 7.07. The van der Waals surface area contributed by atoms with Crippen molar-refractivity contribution in [2.24, 2.45) is 5.92 Å². The van der Waals surface area contributed by atoms with Crippen LogP contribution in [0.5, 0.6) is 5.75 Å². The van der Waals surface area contributed by atoms with E-state index in [0.717, 1.165) is 34.6 Å². The number of thiophene rings is 1. The van der Waals surface area contributed by atoms with Gasteiger partial charge in [-0.25, -0.2) is 14.5 Å². The molecule has 1 atom stereocenters. The molecule has 0 bridgehead atoms. The van der Waals surface area contributed by atoms with Crippen LogP contribution in [0.3, 0.4) is 0 Å². The SMILES string of the molecule is CCC1CCc2c(sc3ncn4nc(COc5ccccc5[N+](=O)[O-])nc4c23)C1. The van der Waals surface area contributed by atoms with Crippen LogP contribution in [0.4, 0.5) is 5.69 Å². The van der Waals surface area contributed by atoms with Gasteiger partial charge in [0.2, 0.25) is 0 Å². The topological polar surface area (TPSA) is 95.5 Å². The van der Waals surface area contributed by atoms with E-state index in [0.29, 0.717) is 5.82 Å². The predicted octanol–water partition coefficient (Wildman–Crippen LogP) is 4.34. The van der Waals surface area contributed by atoms with Crippen molar-refractivity contribution in [2.75, 3.05) is 0 Å². The van der Waals surface area contributed by atoms with Crippen LogP contribution in [-0.2, 0) is 19.4 Å². The standard InChI is InChI=1S/C20H19N5O3S/c1-2-12-7-8-13-16(9-12)29-20-18(13)19-22-17(23-24(19)11-21-20)10-28-15-6-4-3-5-14(15)25(26)27/h3-6,11-12H,2,7-10H2,1H3. The number of benzene rings is 1. The van der Waals surface area contributed by atoms with E-state index in [-0.39, 0.29) is 18.0 Å². The molecule has 5 rings (SSSR count). The molecule has 0 radical (unpaired) electrons. The van der Waals surface area contributed by atoms with Crippen LogP contribution in [-0.4, -0.2) is 24.5 Å². The van der Waals surface area contributed by atoms with E-state index in [9.17, 15) is 10.1 Å². The Morgan fingerprint density at radius 3 is 3.07 bits per heavy atom. The fourth-order valence-corrected chi connectivity index (χ4v) is 5.27. The molecular weight excluding hydrogens is 390 g/mol. The number of para-hydroxylation sites is 2. The normalized spacial score (nSPS) is 16.2. The van der Waals surface area contributed by atoms with Crippen molar-refractivity contribution in [1.82, 2.24) is 19.6 Å². The summed E-state index contributed by atoms with van der Waals surface area (Å²) in [5.41, 5.74) is 2.06. The third-order valence-corrected chi connectivity index (χ3v) is 6.69. The number of ether oxygens (including phenoxy) is 1. The first-order valence-electron chi connectivity index (χ1n) is 9.64. The predicted molar refractivity (Wildman–Crippen MR) is 109 cm³/mol. The molecular formula is C20H19N5O3S. The number of hydrogen-bond donors (Lipinski definition) is 0. The van der Waals surface area contributed by atoms with Crippen LogP contribution >= 0.6 is 11.3 Å².